The zero-order valence-corrected chi connectivity index (χ0v) is 10.2. The Morgan fingerprint density at radius 2 is 2.06 bits per heavy atom. The van der Waals surface area contributed by atoms with Crippen LogP contribution in [0.3, 0.4) is 0 Å². The van der Waals surface area contributed by atoms with Gasteiger partial charge in [-0.05, 0) is 12.1 Å². The van der Waals surface area contributed by atoms with E-state index in [1.165, 1.54) is 32.4 Å². The highest BCUT2D eigenvalue weighted by Crippen LogP contribution is 2.22. The maximum absolute atomic E-state index is 11.5. The molecule has 0 heterocycles. The van der Waals surface area contributed by atoms with Crippen LogP contribution in [0.1, 0.15) is 16.8 Å². The first-order valence-corrected chi connectivity index (χ1v) is 5.28. The monoisotopic (exact) mass is 253 g/mol. The van der Waals surface area contributed by atoms with E-state index >= 15 is 0 Å². The molecule has 0 bridgehead atoms. The third-order valence-corrected chi connectivity index (χ3v) is 2.26. The molecule has 1 amide bonds. The number of carboxylic acid groups (broad SMARTS) is 1. The number of carboxylic acids is 1. The summed E-state index contributed by atoms with van der Waals surface area (Å²) in [5.74, 6) is -0.950. The number of ether oxygens (including phenoxy) is 2. The lowest BCUT2D eigenvalue weighted by Gasteiger charge is -2.10. The van der Waals surface area contributed by atoms with Crippen molar-refractivity contribution in [2.24, 2.45) is 0 Å². The lowest BCUT2D eigenvalue weighted by atomic mass is 10.1. The highest BCUT2D eigenvalue weighted by Gasteiger charge is 2.13. The minimum Gasteiger partial charge on any atom is -0.497 e. The summed E-state index contributed by atoms with van der Waals surface area (Å²) in [6.45, 7) is 0.276. The number of benzene rings is 1. The molecule has 18 heavy (non-hydrogen) atoms. The first-order valence-electron chi connectivity index (χ1n) is 5.28. The van der Waals surface area contributed by atoms with Crippen LogP contribution in [0.15, 0.2) is 18.2 Å². The average molecular weight is 253 g/mol. The van der Waals surface area contributed by atoms with Crippen LogP contribution in [-0.2, 0) is 9.53 Å². The quantitative estimate of drug-likeness (QED) is 0.799. The number of nitrogens with one attached hydrogen (secondary N) is 1. The minimum atomic E-state index is -1.11. The van der Waals surface area contributed by atoms with Crippen molar-refractivity contribution in [2.45, 2.75) is 6.42 Å². The van der Waals surface area contributed by atoms with E-state index in [1.54, 1.807) is 0 Å². The van der Waals surface area contributed by atoms with Gasteiger partial charge < -0.3 is 19.9 Å². The molecule has 0 aliphatic heterocycles. The maximum Gasteiger partial charge on any atom is 0.337 e. The topological polar surface area (TPSA) is 84.9 Å². The second-order valence-corrected chi connectivity index (χ2v) is 3.51. The van der Waals surface area contributed by atoms with Crippen molar-refractivity contribution in [1.82, 2.24) is 0 Å². The third-order valence-electron chi connectivity index (χ3n) is 2.26. The van der Waals surface area contributed by atoms with Crippen LogP contribution in [-0.4, -0.2) is 37.8 Å². The predicted molar refractivity (Wildman–Crippen MR) is 65.1 cm³/mol. The molecule has 0 spiro atoms. The Morgan fingerprint density at radius 3 is 2.61 bits per heavy atom. The molecule has 6 heteroatoms. The number of hydrogen-bond acceptors (Lipinski definition) is 4. The van der Waals surface area contributed by atoms with Crippen LogP contribution < -0.4 is 10.1 Å². The van der Waals surface area contributed by atoms with Gasteiger partial charge in [-0.1, -0.05) is 0 Å². The Morgan fingerprint density at radius 1 is 1.33 bits per heavy atom. The lowest BCUT2D eigenvalue weighted by molar-refractivity contribution is -0.117. The smallest absolute Gasteiger partial charge is 0.337 e. The third kappa shape index (κ3) is 3.74. The number of anilines is 1. The highest BCUT2D eigenvalue weighted by atomic mass is 16.5. The summed E-state index contributed by atoms with van der Waals surface area (Å²) in [4.78, 5) is 22.5. The molecule has 0 fully saturated rings. The predicted octanol–water partition coefficient (Wildman–Crippen LogP) is 1.37. The van der Waals surface area contributed by atoms with Crippen LogP contribution in [0.5, 0.6) is 5.75 Å². The van der Waals surface area contributed by atoms with Gasteiger partial charge >= 0.3 is 5.97 Å². The van der Waals surface area contributed by atoms with Gasteiger partial charge in [0, 0.05) is 13.2 Å². The van der Waals surface area contributed by atoms with E-state index in [-0.39, 0.29) is 30.2 Å². The van der Waals surface area contributed by atoms with Gasteiger partial charge in [0.25, 0.3) is 0 Å². The normalized spacial score (nSPS) is 9.89. The van der Waals surface area contributed by atoms with Crippen LogP contribution in [0, 0.1) is 0 Å². The van der Waals surface area contributed by atoms with E-state index in [2.05, 4.69) is 5.32 Å². The summed E-state index contributed by atoms with van der Waals surface area (Å²) < 4.78 is 9.75. The molecule has 0 aliphatic carbocycles. The molecule has 0 aliphatic rings. The minimum absolute atomic E-state index is 0.0153. The van der Waals surface area contributed by atoms with Crippen molar-refractivity contribution in [3.63, 3.8) is 0 Å². The molecule has 0 saturated heterocycles. The molecule has 98 valence electrons. The lowest BCUT2D eigenvalue weighted by Crippen LogP contribution is -2.16. The van der Waals surface area contributed by atoms with E-state index in [0.29, 0.717) is 5.75 Å². The fourth-order valence-corrected chi connectivity index (χ4v) is 1.35. The molecule has 1 rings (SSSR count). The SMILES string of the molecule is COCCC(=O)Nc1cc(OC)ccc1C(=O)O. The van der Waals surface area contributed by atoms with Gasteiger partial charge in [0.15, 0.2) is 0 Å². The van der Waals surface area contributed by atoms with E-state index in [9.17, 15) is 9.59 Å². The van der Waals surface area contributed by atoms with Crippen molar-refractivity contribution in [1.29, 1.82) is 0 Å². The molecule has 0 aromatic heterocycles. The van der Waals surface area contributed by atoms with Gasteiger partial charge in [-0.3, -0.25) is 4.79 Å². The van der Waals surface area contributed by atoms with Gasteiger partial charge in [-0.15, -0.1) is 0 Å². The largest absolute Gasteiger partial charge is 0.497 e. The average Bonchev–Trinajstić information content (AvgIpc) is 2.35. The summed E-state index contributed by atoms with van der Waals surface area (Å²) in [6, 6.07) is 4.37. The summed E-state index contributed by atoms with van der Waals surface area (Å²) in [5.41, 5.74) is 0.226. The van der Waals surface area contributed by atoms with Crippen molar-refractivity contribution < 1.29 is 24.2 Å². The number of carbonyl (C=O) groups is 2. The molecule has 0 radical (unpaired) electrons. The fourth-order valence-electron chi connectivity index (χ4n) is 1.35. The molecular weight excluding hydrogens is 238 g/mol. The van der Waals surface area contributed by atoms with Crippen molar-refractivity contribution in [2.75, 3.05) is 26.1 Å². The molecular formula is C12H15NO5. The van der Waals surface area contributed by atoms with Crippen LogP contribution in [0.4, 0.5) is 5.69 Å². The molecule has 1 aromatic carbocycles. The molecule has 0 saturated carbocycles. The number of methoxy groups -OCH3 is 2. The Bertz CT molecular complexity index is 444. The van der Waals surface area contributed by atoms with Crippen molar-refractivity contribution in [3.8, 4) is 5.75 Å². The summed E-state index contributed by atoms with van der Waals surface area (Å²) in [6.07, 6.45) is 0.159. The second kappa shape index (κ2) is 6.61. The van der Waals surface area contributed by atoms with Gasteiger partial charge in [0.1, 0.15) is 5.75 Å². The first-order chi connectivity index (χ1) is 8.58. The van der Waals surface area contributed by atoms with E-state index in [1.807, 2.05) is 0 Å². The maximum atomic E-state index is 11.5. The number of amides is 1. The number of aromatic carboxylic acids is 1. The van der Waals surface area contributed by atoms with Crippen LogP contribution >= 0.6 is 0 Å². The van der Waals surface area contributed by atoms with Crippen molar-refractivity contribution in [3.05, 3.63) is 23.8 Å². The standard InChI is InChI=1S/C12H15NO5/c1-17-6-5-11(14)13-10-7-8(18-2)3-4-9(10)12(15)16/h3-4,7H,5-6H2,1-2H3,(H,13,14)(H,15,16). The Kier molecular flexibility index (Phi) is 5.13. The zero-order valence-electron chi connectivity index (χ0n) is 10.2. The van der Waals surface area contributed by atoms with Crippen LogP contribution in [0.2, 0.25) is 0 Å². The number of rotatable bonds is 6. The zero-order chi connectivity index (χ0) is 13.5. The Labute approximate surface area is 105 Å². The van der Waals surface area contributed by atoms with Crippen molar-refractivity contribution >= 4 is 17.6 Å². The molecule has 1 aromatic rings. The summed E-state index contributed by atoms with van der Waals surface area (Å²) in [5, 5.41) is 11.5. The Hall–Kier alpha value is -2.08. The molecule has 6 nitrogen and oxygen atoms in total. The number of carbonyl (C=O) groups excluding carboxylic acids is 1. The first kappa shape index (κ1) is 14.0. The molecule has 0 atom stereocenters. The number of hydrogen-bond donors (Lipinski definition) is 2. The Balaban J connectivity index is 2.90. The van der Waals surface area contributed by atoms with Crippen LogP contribution in [0.25, 0.3) is 0 Å². The molecule has 0 unspecified atom stereocenters. The van der Waals surface area contributed by atoms with E-state index in [0.717, 1.165) is 0 Å². The highest BCUT2D eigenvalue weighted by molar-refractivity contribution is 6.00. The van der Waals surface area contributed by atoms with E-state index < -0.39 is 5.97 Å². The van der Waals surface area contributed by atoms with Gasteiger partial charge in [-0.25, -0.2) is 4.79 Å². The van der Waals surface area contributed by atoms with Gasteiger partial charge in [0.05, 0.1) is 31.4 Å². The fraction of sp³-hybridized carbons (Fsp3) is 0.333. The van der Waals surface area contributed by atoms with E-state index in [4.69, 9.17) is 14.6 Å². The van der Waals surface area contributed by atoms with Gasteiger partial charge in [-0.2, -0.15) is 0 Å². The second-order valence-electron chi connectivity index (χ2n) is 3.51. The summed E-state index contributed by atoms with van der Waals surface area (Å²) >= 11 is 0. The molecule has 2 N–H and O–H groups in total. The summed E-state index contributed by atoms with van der Waals surface area (Å²) in [7, 11) is 2.95. The van der Waals surface area contributed by atoms with Gasteiger partial charge in [0.2, 0.25) is 5.91 Å².